The molecule has 0 aliphatic heterocycles. The first-order valence-corrected chi connectivity index (χ1v) is 9.14. The summed E-state index contributed by atoms with van der Waals surface area (Å²) in [6.45, 7) is 7.98. The zero-order valence-corrected chi connectivity index (χ0v) is 15.5. The number of rotatable bonds is 6. The summed E-state index contributed by atoms with van der Waals surface area (Å²) in [6.07, 6.45) is 2.94. The van der Waals surface area contributed by atoms with Gasteiger partial charge in [-0.15, -0.1) is 11.3 Å². The number of unbranched alkanes of at least 4 members (excludes halogenated alkanes) is 2. The van der Waals surface area contributed by atoms with Gasteiger partial charge in [-0.1, -0.05) is 19.8 Å². The van der Waals surface area contributed by atoms with E-state index in [1.807, 2.05) is 20.8 Å². The van der Waals surface area contributed by atoms with Crippen LogP contribution in [0.2, 0.25) is 0 Å². The third kappa shape index (κ3) is 4.14. The fourth-order valence-corrected chi connectivity index (χ4v) is 3.51. The molecule has 0 saturated carbocycles. The van der Waals surface area contributed by atoms with Crippen LogP contribution in [-0.2, 0) is 17.9 Å². The number of nitrogens with one attached hydrogen (secondary N) is 1. The second-order valence-corrected chi connectivity index (χ2v) is 7.86. The fraction of sp³-hybridized carbons (Fsp3) is 0.588. The lowest BCUT2D eigenvalue weighted by atomic mass is 10.1. The number of aryl methyl sites for hydroxylation is 1. The van der Waals surface area contributed by atoms with E-state index in [9.17, 15) is 14.4 Å². The van der Waals surface area contributed by atoms with E-state index in [2.05, 4.69) is 12.2 Å². The standard InChI is InChI=1S/C17H25N3O3S/c1-5-6-7-9-19-15-12(8-10-24-15)14(22)20(16(19)23)11-13(21)18-17(2,3)4/h8,10H,5-7,9,11H2,1-4H3,(H,18,21). The predicted molar refractivity (Wildman–Crippen MR) is 97.8 cm³/mol. The van der Waals surface area contributed by atoms with Crippen LogP contribution in [0.25, 0.3) is 10.2 Å². The van der Waals surface area contributed by atoms with Crippen LogP contribution in [0.5, 0.6) is 0 Å². The van der Waals surface area contributed by atoms with Gasteiger partial charge in [0.25, 0.3) is 5.56 Å². The zero-order chi connectivity index (χ0) is 17.9. The topological polar surface area (TPSA) is 73.1 Å². The summed E-state index contributed by atoms with van der Waals surface area (Å²) in [7, 11) is 0. The molecule has 2 aromatic rings. The van der Waals surface area contributed by atoms with E-state index in [-0.39, 0.29) is 12.5 Å². The molecular weight excluding hydrogens is 326 g/mol. The Bertz CT molecular complexity index is 839. The molecule has 1 amide bonds. The molecule has 1 N–H and O–H groups in total. The minimum absolute atomic E-state index is 0.255. The van der Waals surface area contributed by atoms with Gasteiger partial charge in [0.2, 0.25) is 5.91 Å². The van der Waals surface area contributed by atoms with Gasteiger partial charge < -0.3 is 5.32 Å². The van der Waals surface area contributed by atoms with Crippen LogP contribution >= 0.6 is 11.3 Å². The molecule has 7 heteroatoms. The van der Waals surface area contributed by atoms with E-state index in [0.717, 1.165) is 23.8 Å². The first-order valence-electron chi connectivity index (χ1n) is 8.26. The molecule has 2 heterocycles. The van der Waals surface area contributed by atoms with Crippen LogP contribution in [-0.4, -0.2) is 20.6 Å². The van der Waals surface area contributed by atoms with Crippen molar-refractivity contribution < 1.29 is 4.79 Å². The lowest BCUT2D eigenvalue weighted by molar-refractivity contribution is -0.123. The highest BCUT2D eigenvalue weighted by atomic mass is 32.1. The van der Waals surface area contributed by atoms with E-state index in [1.165, 1.54) is 11.3 Å². The van der Waals surface area contributed by atoms with Crippen molar-refractivity contribution in [2.24, 2.45) is 0 Å². The molecule has 0 aliphatic carbocycles. The quantitative estimate of drug-likeness (QED) is 0.812. The van der Waals surface area contributed by atoms with Gasteiger partial charge in [-0.2, -0.15) is 0 Å². The lowest BCUT2D eigenvalue weighted by Gasteiger charge is -2.21. The first-order chi connectivity index (χ1) is 11.2. The van der Waals surface area contributed by atoms with Crippen molar-refractivity contribution in [1.82, 2.24) is 14.5 Å². The average Bonchev–Trinajstić information content (AvgIpc) is 2.95. The number of amides is 1. The molecule has 0 aromatic carbocycles. The summed E-state index contributed by atoms with van der Waals surface area (Å²) in [5, 5.41) is 5.10. The molecule has 132 valence electrons. The number of nitrogens with zero attached hydrogens (tertiary/aromatic N) is 2. The molecule has 0 aliphatic rings. The van der Waals surface area contributed by atoms with Crippen LogP contribution in [0.3, 0.4) is 0 Å². The Morgan fingerprint density at radius 1 is 1.21 bits per heavy atom. The van der Waals surface area contributed by atoms with Gasteiger partial charge in [0.15, 0.2) is 0 Å². The molecule has 0 fully saturated rings. The number of hydrogen-bond acceptors (Lipinski definition) is 4. The fourth-order valence-electron chi connectivity index (χ4n) is 2.60. The summed E-state index contributed by atoms with van der Waals surface area (Å²) >= 11 is 1.39. The Balaban J connectivity index is 2.44. The van der Waals surface area contributed by atoms with Gasteiger partial charge in [-0.05, 0) is 38.6 Å². The van der Waals surface area contributed by atoms with Gasteiger partial charge >= 0.3 is 5.69 Å². The molecular formula is C17H25N3O3S. The predicted octanol–water partition coefficient (Wildman–Crippen LogP) is 2.33. The van der Waals surface area contributed by atoms with Crippen molar-refractivity contribution in [3.8, 4) is 0 Å². The highest BCUT2D eigenvalue weighted by Gasteiger charge is 2.19. The summed E-state index contributed by atoms with van der Waals surface area (Å²) in [5.74, 6) is -0.337. The number of aromatic nitrogens is 2. The monoisotopic (exact) mass is 351 g/mol. The van der Waals surface area contributed by atoms with E-state index in [1.54, 1.807) is 16.0 Å². The summed E-state index contributed by atoms with van der Waals surface area (Å²) in [6, 6.07) is 1.72. The number of carbonyl (C=O) groups excluding carboxylic acids is 1. The van der Waals surface area contributed by atoms with Crippen molar-refractivity contribution in [2.75, 3.05) is 0 Å². The van der Waals surface area contributed by atoms with Crippen molar-refractivity contribution >= 4 is 27.5 Å². The van der Waals surface area contributed by atoms with Crippen LogP contribution in [0.15, 0.2) is 21.0 Å². The number of fused-ring (bicyclic) bond motifs is 1. The Morgan fingerprint density at radius 3 is 2.54 bits per heavy atom. The molecule has 0 spiro atoms. The van der Waals surface area contributed by atoms with Gasteiger partial charge in [-0.25, -0.2) is 4.79 Å². The third-order valence-corrected chi connectivity index (χ3v) is 4.56. The highest BCUT2D eigenvalue weighted by molar-refractivity contribution is 7.16. The van der Waals surface area contributed by atoms with Crippen molar-refractivity contribution in [3.63, 3.8) is 0 Å². The van der Waals surface area contributed by atoms with Crippen LogP contribution < -0.4 is 16.6 Å². The van der Waals surface area contributed by atoms with E-state index in [0.29, 0.717) is 16.8 Å². The Morgan fingerprint density at radius 2 is 1.92 bits per heavy atom. The molecule has 24 heavy (non-hydrogen) atoms. The lowest BCUT2D eigenvalue weighted by Crippen LogP contribution is -2.47. The van der Waals surface area contributed by atoms with Crippen molar-refractivity contribution in [1.29, 1.82) is 0 Å². The smallest absolute Gasteiger partial charge is 0.332 e. The SMILES string of the molecule is CCCCCn1c(=O)n(CC(=O)NC(C)(C)C)c(=O)c2ccsc21. The molecule has 0 saturated heterocycles. The molecule has 0 radical (unpaired) electrons. The van der Waals surface area contributed by atoms with E-state index < -0.39 is 16.8 Å². The first kappa shape index (κ1) is 18.4. The maximum absolute atomic E-state index is 12.7. The van der Waals surface area contributed by atoms with E-state index in [4.69, 9.17) is 0 Å². The van der Waals surface area contributed by atoms with Crippen molar-refractivity contribution in [2.45, 2.75) is 65.6 Å². The zero-order valence-electron chi connectivity index (χ0n) is 14.7. The minimum atomic E-state index is -0.409. The molecule has 6 nitrogen and oxygen atoms in total. The Hall–Kier alpha value is -1.89. The molecule has 0 bridgehead atoms. The van der Waals surface area contributed by atoms with Gasteiger partial charge in [-0.3, -0.25) is 18.7 Å². The normalized spacial score (nSPS) is 11.8. The third-order valence-electron chi connectivity index (χ3n) is 3.63. The Labute approximate surface area is 145 Å². The van der Waals surface area contributed by atoms with Gasteiger partial charge in [0.05, 0.1) is 5.39 Å². The van der Waals surface area contributed by atoms with Crippen LogP contribution in [0, 0.1) is 0 Å². The largest absolute Gasteiger partial charge is 0.350 e. The molecule has 2 aromatic heterocycles. The average molecular weight is 351 g/mol. The molecule has 0 unspecified atom stereocenters. The summed E-state index contributed by atoms with van der Waals surface area (Å²) < 4.78 is 2.67. The number of hydrogen-bond donors (Lipinski definition) is 1. The maximum atomic E-state index is 12.7. The van der Waals surface area contributed by atoms with Crippen molar-refractivity contribution in [3.05, 3.63) is 32.3 Å². The highest BCUT2D eigenvalue weighted by Crippen LogP contribution is 2.16. The van der Waals surface area contributed by atoms with Gasteiger partial charge in [0.1, 0.15) is 11.4 Å². The number of thiophene rings is 1. The van der Waals surface area contributed by atoms with Crippen LogP contribution in [0.4, 0.5) is 0 Å². The molecule has 0 atom stereocenters. The summed E-state index contributed by atoms with van der Waals surface area (Å²) in [5.41, 5.74) is -1.21. The number of carbonyl (C=O) groups is 1. The maximum Gasteiger partial charge on any atom is 0.332 e. The van der Waals surface area contributed by atoms with Gasteiger partial charge in [0, 0.05) is 12.1 Å². The Kier molecular flexibility index (Phi) is 5.64. The van der Waals surface area contributed by atoms with E-state index >= 15 is 0 Å². The second-order valence-electron chi connectivity index (χ2n) is 6.97. The molecule has 2 rings (SSSR count). The summed E-state index contributed by atoms with van der Waals surface area (Å²) in [4.78, 5) is 38.2. The minimum Gasteiger partial charge on any atom is -0.350 e. The van der Waals surface area contributed by atoms with Crippen LogP contribution in [0.1, 0.15) is 47.0 Å². The second kappa shape index (κ2) is 7.34.